The zero-order chi connectivity index (χ0) is 10.8. The van der Waals surface area contributed by atoms with Gasteiger partial charge in [0.25, 0.3) is 0 Å². The van der Waals surface area contributed by atoms with E-state index in [1.807, 2.05) is 0 Å². The minimum absolute atomic E-state index is 0.0354. The number of hydrogen-bond acceptors (Lipinski definition) is 2. The maximum Gasteiger partial charge on any atom is 0.391 e. The van der Waals surface area contributed by atoms with Crippen molar-refractivity contribution in [3.63, 3.8) is 0 Å². The first-order chi connectivity index (χ1) is 6.38. The second-order valence-electron chi connectivity index (χ2n) is 2.74. The number of hydrogen-bond donors (Lipinski definition) is 1. The number of halogens is 4. The van der Waals surface area contributed by atoms with Crippen molar-refractivity contribution in [1.29, 1.82) is 0 Å². The second-order valence-corrected chi connectivity index (χ2v) is 3.17. The number of rotatable bonds is 2. The first-order valence-corrected chi connectivity index (χ1v) is 4.12. The van der Waals surface area contributed by atoms with Gasteiger partial charge in [-0.3, -0.25) is 4.98 Å². The van der Waals surface area contributed by atoms with Gasteiger partial charge in [-0.2, -0.15) is 13.2 Å². The molecule has 78 valence electrons. The van der Waals surface area contributed by atoms with Crippen LogP contribution in [-0.2, 0) is 0 Å². The largest absolute Gasteiger partial charge is 0.391 e. The third kappa shape index (κ3) is 3.51. The minimum Gasteiger partial charge on any atom is -0.386 e. The SMILES string of the molecule is OC(CC(F)(F)F)c1ccc(Cl)cn1. The molecular formula is C8H7ClF3NO. The predicted molar refractivity (Wildman–Crippen MR) is 44.9 cm³/mol. The number of alkyl halides is 3. The third-order valence-electron chi connectivity index (χ3n) is 1.52. The van der Waals surface area contributed by atoms with Gasteiger partial charge in [0.15, 0.2) is 0 Å². The Morgan fingerprint density at radius 1 is 1.43 bits per heavy atom. The quantitative estimate of drug-likeness (QED) is 0.840. The lowest BCUT2D eigenvalue weighted by Crippen LogP contribution is -2.14. The van der Waals surface area contributed by atoms with Gasteiger partial charge in [0.2, 0.25) is 0 Å². The lowest BCUT2D eigenvalue weighted by Gasteiger charge is -2.12. The van der Waals surface area contributed by atoms with Crippen LogP contribution in [-0.4, -0.2) is 16.3 Å². The average molecular weight is 226 g/mol. The number of aliphatic hydroxyl groups is 1. The van der Waals surface area contributed by atoms with Gasteiger partial charge in [0.05, 0.1) is 17.1 Å². The third-order valence-corrected chi connectivity index (χ3v) is 1.74. The molecule has 0 aromatic carbocycles. The fraction of sp³-hybridized carbons (Fsp3) is 0.375. The maximum absolute atomic E-state index is 11.9. The van der Waals surface area contributed by atoms with Crippen LogP contribution in [0.3, 0.4) is 0 Å². The Bertz CT molecular complexity index is 298. The molecule has 1 N–H and O–H groups in total. The molecule has 0 spiro atoms. The molecule has 0 saturated carbocycles. The van der Waals surface area contributed by atoms with Crippen molar-refractivity contribution >= 4 is 11.6 Å². The van der Waals surface area contributed by atoms with Gasteiger partial charge < -0.3 is 5.11 Å². The monoisotopic (exact) mass is 225 g/mol. The van der Waals surface area contributed by atoms with Gasteiger partial charge in [0, 0.05) is 6.20 Å². The molecule has 14 heavy (non-hydrogen) atoms. The molecule has 1 atom stereocenters. The van der Waals surface area contributed by atoms with Crippen LogP contribution in [0.2, 0.25) is 5.02 Å². The summed E-state index contributed by atoms with van der Waals surface area (Å²) >= 11 is 5.48. The molecule has 0 saturated heterocycles. The summed E-state index contributed by atoms with van der Waals surface area (Å²) in [6.45, 7) is 0. The molecule has 1 aromatic rings. The topological polar surface area (TPSA) is 33.1 Å². The summed E-state index contributed by atoms with van der Waals surface area (Å²) in [5, 5.41) is 9.43. The van der Waals surface area contributed by atoms with E-state index in [0.29, 0.717) is 5.02 Å². The van der Waals surface area contributed by atoms with Crippen LogP contribution in [0, 0.1) is 0 Å². The summed E-state index contributed by atoms with van der Waals surface area (Å²) in [6, 6.07) is 2.64. The van der Waals surface area contributed by atoms with E-state index in [0.717, 1.165) is 0 Å². The molecule has 0 aliphatic rings. The summed E-state index contributed by atoms with van der Waals surface area (Å²) < 4.78 is 35.6. The van der Waals surface area contributed by atoms with Gasteiger partial charge in [-0.25, -0.2) is 0 Å². The van der Waals surface area contributed by atoms with Crippen LogP contribution in [0.1, 0.15) is 18.2 Å². The zero-order valence-electron chi connectivity index (χ0n) is 6.92. The number of pyridine rings is 1. The van der Waals surface area contributed by atoms with Crippen molar-refractivity contribution in [3.8, 4) is 0 Å². The van der Waals surface area contributed by atoms with E-state index < -0.39 is 18.7 Å². The molecule has 6 heteroatoms. The summed E-state index contributed by atoms with van der Waals surface area (Å²) in [6.07, 6.45) is -6.15. The molecule has 1 heterocycles. The predicted octanol–water partition coefficient (Wildman–Crippen LogP) is 2.72. The van der Waals surface area contributed by atoms with Crippen molar-refractivity contribution < 1.29 is 18.3 Å². The highest BCUT2D eigenvalue weighted by molar-refractivity contribution is 6.30. The van der Waals surface area contributed by atoms with Gasteiger partial charge in [-0.1, -0.05) is 11.6 Å². The fourth-order valence-corrected chi connectivity index (χ4v) is 1.02. The van der Waals surface area contributed by atoms with Crippen LogP contribution < -0.4 is 0 Å². The molecule has 1 unspecified atom stereocenters. The summed E-state index contributed by atoms with van der Waals surface area (Å²) in [5.74, 6) is 0. The Labute approximate surface area is 83.3 Å². The Balaban J connectivity index is 2.70. The number of aromatic nitrogens is 1. The van der Waals surface area contributed by atoms with Crippen molar-refractivity contribution in [1.82, 2.24) is 4.98 Å². The Hall–Kier alpha value is -0.810. The van der Waals surface area contributed by atoms with Crippen molar-refractivity contribution in [2.24, 2.45) is 0 Å². The highest BCUT2D eigenvalue weighted by Gasteiger charge is 2.32. The van der Waals surface area contributed by atoms with E-state index >= 15 is 0 Å². The van der Waals surface area contributed by atoms with Crippen molar-refractivity contribution in [3.05, 3.63) is 29.0 Å². The molecular weight excluding hydrogens is 219 g/mol. The second kappa shape index (κ2) is 4.14. The smallest absolute Gasteiger partial charge is 0.386 e. The van der Waals surface area contributed by atoms with E-state index in [-0.39, 0.29) is 5.69 Å². The lowest BCUT2D eigenvalue weighted by atomic mass is 10.1. The molecule has 0 aliphatic carbocycles. The van der Waals surface area contributed by atoms with E-state index in [1.54, 1.807) is 0 Å². The van der Waals surface area contributed by atoms with E-state index in [9.17, 15) is 13.2 Å². The van der Waals surface area contributed by atoms with Crippen LogP contribution in [0.5, 0.6) is 0 Å². The summed E-state index contributed by atoms with van der Waals surface area (Å²) in [4.78, 5) is 3.58. The molecule has 0 radical (unpaired) electrons. The normalized spacial score (nSPS) is 14.1. The molecule has 0 amide bonds. The van der Waals surface area contributed by atoms with E-state index in [2.05, 4.69) is 4.98 Å². The van der Waals surface area contributed by atoms with E-state index in [1.165, 1.54) is 18.3 Å². The molecule has 2 nitrogen and oxygen atoms in total. The number of nitrogens with zero attached hydrogens (tertiary/aromatic N) is 1. The Morgan fingerprint density at radius 2 is 2.07 bits per heavy atom. The van der Waals surface area contributed by atoms with Crippen molar-refractivity contribution in [2.75, 3.05) is 0 Å². The molecule has 1 rings (SSSR count). The van der Waals surface area contributed by atoms with Gasteiger partial charge in [-0.15, -0.1) is 0 Å². The molecule has 0 bridgehead atoms. The number of aliphatic hydroxyl groups excluding tert-OH is 1. The highest BCUT2D eigenvalue weighted by atomic mass is 35.5. The van der Waals surface area contributed by atoms with Gasteiger partial charge >= 0.3 is 6.18 Å². The van der Waals surface area contributed by atoms with Crippen LogP contribution >= 0.6 is 11.6 Å². The zero-order valence-corrected chi connectivity index (χ0v) is 7.68. The fourth-order valence-electron chi connectivity index (χ4n) is 0.908. The Kier molecular flexibility index (Phi) is 3.34. The molecule has 0 aliphatic heterocycles. The summed E-state index contributed by atoms with van der Waals surface area (Å²) in [5.41, 5.74) is -0.0354. The van der Waals surface area contributed by atoms with Crippen LogP contribution in [0.15, 0.2) is 18.3 Å². The minimum atomic E-state index is -4.40. The summed E-state index contributed by atoms with van der Waals surface area (Å²) in [7, 11) is 0. The molecule has 0 fully saturated rings. The van der Waals surface area contributed by atoms with E-state index in [4.69, 9.17) is 16.7 Å². The Morgan fingerprint density at radius 3 is 2.50 bits per heavy atom. The first-order valence-electron chi connectivity index (χ1n) is 3.75. The van der Waals surface area contributed by atoms with Crippen molar-refractivity contribution in [2.45, 2.75) is 18.7 Å². The maximum atomic E-state index is 11.9. The first kappa shape index (κ1) is 11.3. The van der Waals surface area contributed by atoms with Crippen LogP contribution in [0.4, 0.5) is 13.2 Å². The van der Waals surface area contributed by atoms with Crippen LogP contribution in [0.25, 0.3) is 0 Å². The van der Waals surface area contributed by atoms with Gasteiger partial charge in [-0.05, 0) is 12.1 Å². The lowest BCUT2D eigenvalue weighted by molar-refractivity contribution is -0.154. The van der Waals surface area contributed by atoms with Gasteiger partial charge in [0.1, 0.15) is 6.10 Å². The molecule has 1 aromatic heterocycles. The highest BCUT2D eigenvalue weighted by Crippen LogP contribution is 2.28. The average Bonchev–Trinajstić information content (AvgIpc) is 2.02. The standard InChI is InChI=1S/C8H7ClF3NO/c9-5-1-2-6(13-4-5)7(14)3-8(10,11)12/h1-2,4,7,14H,3H2.